The van der Waals surface area contributed by atoms with E-state index in [0.29, 0.717) is 30.8 Å². The summed E-state index contributed by atoms with van der Waals surface area (Å²) in [5.41, 5.74) is 0.853. The maximum Gasteiger partial charge on any atom is 0.253 e. The standard InChI is InChI=1S/C14H17FN2O2/c1-11-10-12(4-5-13(11)15)14(18)17(7-3-6-16)8-9-19-2/h4-5,10H,3,7-9H2,1-2H3. The van der Waals surface area contributed by atoms with Gasteiger partial charge in [0.15, 0.2) is 0 Å². The summed E-state index contributed by atoms with van der Waals surface area (Å²) in [6.07, 6.45) is 0.260. The molecule has 0 fully saturated rings. The Kier molecular flexibility index (Phi) is 5.97. The van der Waals surface area contributed by atoms with E-state index in [4.69, 9.17) is 10.00 Å². The number of hydrogen-bond acceptors (Lipinski definition) is 3. The first-order chi connectivity index (χ1) is 9.10. The van der Waals surface area contributed by atoms with Crippen LogP contribution in [0.4, 0.5) is 4.39 Å². The molecule has 0 saturated carbocycles. The van der Waals surface area contributed by atoms with Gasteiger partial charge in [0.25, 0.3) is 5.91 Å². The maximum absolute atomic E-state index is 13.2. The van der Waals surface area contributed by atoms with E-state index in [9.17, 15) is 9.18 Å². The molecule has 1 amide bonds. The summed E-state index contributed by atoms with van der Waals surface area (Å²) in [6, 6.07) is 6.26. The summed E-state index contributed by atoms with van der Waals surface area (Å²) in [5, 5.41) is 8.60. The molecule has 0 aromatic heterocycles. The summed E-state index contributed by atoms with van der Waals surface area (Å²) in [4.78, 5) is 13.8. The van der Waals surface area contributed by atoms with Crippen LogP contribution in [0.5, 0.6) is 0 Å². The zero-order chi connectivity index (χ0) is 14.3. The van der Waals surface area contributed by atoms with Gasteiger partial charge in [-0.15, -0.1) is 0 Å². The minimum Gasteiger partial charge on any atom is -0.383 e. The number of benzene rings is 1. The predicted octanol–water partition coefficient (Wildman–Crippen LogP) is 2.14. The van der Waals surface area contributed by atoms with Crippen LogP contribution in [-0.2, 0) is 4.74 Å². The molecule has 5 heteroatoms. The van der Waals surface area contributed by atoms with E-state index >= 15 is 0 Å². The fraction of sp³-hybridized carbons (Fsp3) is 0.429. The number of methoxy groups -OCH3 is 1. The van der Waals surface area contributed by atoms with Crippen LogP contribution in [0.25, 0.3) is 0 Å². The molecule has 1 aromatic rings. The number of aryl methyl sites for hydroxylation is 1. The van der Waals surface area contributed by atoms with Crippen LogP contribution in [0.15, 0.2) is 18.2 Å². The average molecular weight is 264 g/mol. The van der Waals surface area contributed by atoms with Crippen LogP contribution in [0.3, 0.4) is 0 Å². The highest BCUT2D eigenvalue weighted by Crippen LogP contribution is 2.12. The van der Waals surface area contributed by atoms with Crippen LogP contribution >= 0.6 is 0 Å². The molecule has 4 nitrogen and oxygen atoms in total. The van der Waals surface area contributed by atoms with E-state index in [1.165, 1.54) is 18.2 Å². The van der Waals surface area contributed by atoms with Gasteiger partial charge >= 0.3 is 0 Å². The van der Waals surface area contributed by atoms with Gasteiger partial charge in [0.2, 0.25) is 0 Å². The predicted molar refractivity (Wildman–Crippen MR) is 69.1 cm³/mol. The fourth-order valence-electron chi connectivity index (χ4n) is 1.66. The van der Waals surface area contributed by atoms with Gasteiger partial charge in [-0.3, -0.25) is 4.79 Å². The van der Waals surface area contributed by atoms with Gasteiger partial charge < -0.3 is 9.64 Å². The lowest BCUT2D eigenvalue weighted by Crippen LogP contribution is -2.34. The lowest BCUT2D eigenvalue weighted by atomic mass is 10.1. The highest BCUT2D eigenvalue weighted by atomic mass is 19.1. The molecular weight excluding hydrogens is 247 g/mol. The van der Waals surface area contributed by atoms with Gasteiger partial charge in [-0.1, -0.05) is 0 Å². The van der Waals surface area contributed by atoms with Crippen molar-refractivity contribution in [3.05, 3.63) is 35.1 Å². The van der Waals surface area contributed by atoms with Crippen molar-refractivity contribution in [3.63, 3.8) is 0 Å². The fourth-order valence-corrected chi connectivity index (χ4v) is 1.66. The van der Waals surface area contributed by atoms with Crippen LogP contribution in [0, 0.1) is 24.1 Å². The number of amides is 1. The SMILES string of the molecule is COCCN(CCC#N)C(=O)c1ccc(F)c(C)c1. The molecule has 0 N–H and O–H groups in total. The maximum atomic E-state index is 13.2. The smallest absolute Gasteiger partial charge is 0.253 e. The lowest BCUT2D eigenvalue weighted by molar-refractivity contribution is 0.0699. The molecule has 1 aromatic carbocycles. The second-order valence-electron chi connectivity index (χ2n) is 4.16. The molecule has 102 valence electrons. The van der Waals surface area contributed by atoms with Crippen LogP contribution in [-0.4, -0.2) is 37.6 Å². The molecule has 0 aliphatic rings. The third-order valence-corrected chi connectivity index (χ3v) is 2.75. The average Bonchev–Trinajstić information content (AvgIpc) is 2.41. The van der Waals surface area contributed by atoms with Crippen molar-refractivity contribution in [2.45, 2.75) is 13.3 Å². The molecule has 0 atom stereocenters. The molecule has 0 spiro atoms. The Morgan fingerprint density at radius 3 is 2.79 bits per heavy atom. The normalized spacial score (nSPS) is 10.0. The molecule has 0 unspecified atom stereocenters. The quantitative estimate of drug-likeness (QED) is 0.791. The summed E-state index contributed by atoms with van der Waals surface area (Å²) in [5.74, 6) is -0.549. The van der Waals surface area contributed by atoms with E-state index in [-0.39, 0.29) is 18.1 Å². The molecule has 0 radical (unpaired) electrons. The van der Waals surface area contributed by atoms with E-state index in [0.717, 1.165) is 0 Å². The zero-order valence-corrected chi connectivity index (χ0v) is 11.1. The number of nitriles is 1. The second kappa shape index (κ2) is 7.49. The number of halogens is 1. The van der Waals surface area contributed by atoms with Crippen molar-refractivity contribution in [2.75, 3.05) is 26.8 Å². The van der Waals surface area contributed by atoms with Gasteiger partial charge in [0.05, 0.1) is 19.1 Å². The number of nitrogens with zero attached hydrogens (tertiary/aromatic N) is 2. The minimum absolute atomic E-state index is 0.213. The third kappa shape index (κ3) is 4.34. The minimum atomic E-state index is -0.336. The van der Waals surface area contributed by atoms with Crippen molar-refractivity contribution < 1.29 is 13.9 Å². The van der Waals surface area contributed by atoms with Crippen molar-refractivity contribution in [3.8, 4) is 6.07 Å². The topological polar surface area (TPSA) is 53.3 Å². The Morgan fingerprint density at radius 2 is 2.21 bits per heavy atom. The van der Waals surface area contributed by atoms with Gasteiger partial charge in [-0.25, -0.2) is 4.39 Å². The monoisotopic (exact) mass is 264 g/mol. The Balaban J connectivity index is 2.84. The molecule has 0 aliphatic heterocycles. The van der Waals surface area contributed by atoms with E-state index < -0.39 is 0 Å². The van der Waals surface area contributed by atoms with Crippen molar-refractivity contribution in [2.24, 2.45) is 0 Å². The molecule has 0 saturated heterocycles. The Bertz CT molecular complexity index is 483. The van der Waals surface area contributed by atoms with Crippen molar-refractivity contribution >= 4 is 5.91 Å². The zero-order valence-electron chi connectivity index (χ0n) is 11.1. The summed E-state index contributed by atoms with van der Waals surface area (Å²) < 4.78 is 18.1. The second-order valence-corrected chi connectivity index (χ2v) is 4.16. The third-order valence-electron chi connectivity index (χ3n) is 2.75. The molecule has 0 heterocycles. The highest BCUT2D eigenvalue weighted by molar-refractivity contribution is 5.94. The first-order valence-electron chi connectivity index (χ1n) is 6.01. The number of hydrogen-bond donors (Lipinski definition) is 0. The molecule has 0 bridgehead atoms. The number of ether oxygens (including phenoxy) is 1. The summed E-state index contributed by atoms with van der Waals surface area (Å²) in [6.45, 7) is 2.76. The lowest BCUT2D eigenvalue weighted by Gasteiger charge is -2.21. The number of carbonyl (C=O) groups excluding carboxylic acids is 1. The molecule has 19 heavy (non-hydrogen) atoms. The van der Waals surface area contributed by atoms with Gasteiger partial charge in [0.1, 0.15) is 5.82 Å². The Hall–Kier alpha value is -1.93. The van der Waals surface area contributed by atoms with Gasteiger partial charge in [-0.05, 0) is 30.7 Å². The number of rotatable bonds is 6. The van der Waals surface area contributed by atoms with E-state index in [1.807, 2.05) is 6.07 Å². The van der Waals surface area contributed by atoms with Crippen LogP contribution in [0.2, 0.25) is 0 Å². The first kappa shape index (κ1) is 15.1. The largest absolute Gasteiger partial charge is 0.383 e. The summed E-state index contributed by atoms with van der Waals surface area (Å²) >= 11 is 0. The van der Waals surface area contributed by atoms with E-state index in [1.54, 1.807) is 18.9 Å². The molecule has 0 aliphatic carbocycles. The van der Waals surface area contributed by atoms with E-state index in [2.05, 4.69) is 0 Å². The van der Waals surface area contributed by atoms with Crippen LogP contribution in [0.1, 0.15) is 22.3 Å². The highest BCUT2D eigenvalue weighted by Gasteiger charge is 2.16. The first-order valence-corrected chi connectivity index (χ1v) is 6.01. The van der Waals surface area contributed by atoms with Crippen LogP contribution < -0.4 is 0 Å². The molecule has 1 rings (SSSR count). The van der Waals surface area contributed by atoms with Gasteiger partial charge in [0, 0.05) is 25.8 Å². The van der Waals surface area contributed by atoms with Gasteiger partial charge in [-0.2, -0.15) is 5.26 Å². The number of carbonyl (C=O) groups is 1. The van der Waals surface area contributed by atoms with Crippen molar-refractivity contribution in [1.82, 2.24) is 4.90 Å². The summed E-state index contributed by atoms with van der Waals surface area (Å²) in [7, 11) is 1.55. The Morgan fingerprint density at radius 1 is 1.47 bits per heavy atom. The molecular formula is C14H17FN2O2. The van der Waals surface area contributed by atoms with Crippen molar-refractivity contribution in [1.29, 1.82) is 5.26 Å². The Labute approximate surface area is 112 Å².